The first-order chi connectivity index (χ1) is 5.86. The first-order valence-corrected chi connectivity index (χ1v) is 4.06. The monoisotopic (exact) mass is 166 g/mol. The Morgan fingerprint density at radius 3 is 2.58 bits per heavy atom. The van der Waals surface area contributed by atoms with E-state index in [0.717, 1.165) is 6.42 Å². The largest absolute Gasteiger partial charge is 0.396 e. The van der Waals surface area contributed by atoms with E-state index in [0.29, 0.717) is 6.54 Å². The number of hydrogen-bond acceptors (Lipinski definition) is 3. The van der Waals surface area contributed by atoms with Crippen LogP contribution in [0.3, 0.4) is 0 Å². The molecular formula is C9H14N2O. The predicted molar refractivity (Wildman–Crippen MR) is 47.6 cm³/mol. The summed E-state index contributed by atoms with van der Waals surface area (Å²) < 4.78 is 0. The molecule has 0 aromatic carbocycles. The van der Waals surface area contributed by atoms with E-state index < -0.39 is 0 Å². The Morgan fingerprint density at radius 1 is 1.42 bits per heavy atom. The number of pyridine rings is 1. The van der Waals surface area contributed by atoms with Crippen molar-refractivity contribution in [2.75, 3.05) is 13.2 Å². The number of aromatic nitrogens is 1. The van der Waals surface area contributed by atoms with Crippen molar-refractivity contribution in [3.05, 3.63) is 30.1 Å². The van der Waals surface area contributed by atoms with E-state index in [1.165, 1.54) is 5.56 Å². The normalized spacial score (nSPS) is 12.8. The van der Waals surface area contributed by atoms with E-state index in [2.05, 4.69) is 4.98 Å². The van der Waals surface area contributed by atoms with Crippen molar-refractivity contribution in [3.8, 4) is 0 Å². The van der Waals surface area contributed by atoms with Crippen LogP contribution in [0.15, 0.2) is 24.5 Å². The zero-order valence-corrected chi connectivity index (χ0v) is 6.98. The summed E-state index contributed by atoms with van der Waals surface area (Å²) in [6.07, 6.45) is 4.33. The molecule has 0 spiro atoms. The molecule has 0 bridgehead atoms. The standard InChI is InChI=1S/C9H14N2O/c10-6-9(7-12)5-8-1-3-11-4-2-8/h1-4,9,12H,5-7,10H2/t9-/m0/s1. The fourth-order valence-electron chi connectivity index (χ4n) is 1.07. The van der Waals surface area contributed by atoms with E-state index in [4.69, 9.17) is 10.8 Å². The minimum atomic E-state index is 0.152. The molecule has 12 heavy (non-hydrogen) atoms. The van der Waals surface area contributed by atoms with Crippen LogP contribution in [0.1, 0.15) is 5.56 Å². The Morgan fingerprint density at radius 2 is 2.08 bits per heavy atom. The lowest BCUT2D eigenvalue weighted by Gasteiger charge is -2.10. The quantitative estimate of drug-likeness (QED) is 0.671. The molecule has 1 heterocycles. The maximum absolute atomic E-state index is 8.89. The lowest BCUT2D eigenvalue weighted by molar-refractivity contribution is 0.230. The van der Waals surface area contributed by atoms with Crippen molar-refractivity contribution in [1.82, 2.24) is 4.98 Å². The summed E-state index contributed by atoms with van der Waals surface area (Å²) in [6, 6.07) is 3.89. The van der Waals surface area contributed by atoms with Gasteiger partial charge in [0.2, 0.25) is 0 Å². The molecular weight excluding hydrogens is 152 g/mol. The van der Waals surface area contributed by atoms with E-state index >= 15 is 0 Å². The van der Waals surface area contributed by atoms with Gasteiger partial charge in [-0.1, -0.05) is 0 Å². The van der Waals surface area contributed by atoms with Crippen LogP contribution in [-0.4, -0.2) is 23.2 Å². The fraction of sp³-hybridized carbons (Fsp3) is 0.444. The average molecular weight is 166 g/mol. The summed E-state index contributed by atoms with van der Waals surface area (Å²) in [5.41, 5.74) is 6.63. The van der Waals surface area contributed by atoms with Gasteiger partial charge in [-0.15, -0.1) is 0 Å². The van der Waals surface area contributed by atoms with Gasteiger partial charge in [-0.2, -0.15) is 0 Å². The molecule has 0 saturated heterocycles. The highest BCUT2D eigenvalue weighted by Gasteiger charge is 2.04. The number of nitrogens with two attached hydrogens (primary N) is 1. The van der Waals surface area contributed by atoms with Crippen LogP contribution in [-0.2, 0) is 6.42 Å². The Balaban J connectivity index is 2.51. The molecule has 0 aliphatic carbocycles. The van der Waals surface area contributed by atoms with Crippen molar-refractivity contribution in [2.24, 2.45) is 11.7 Å². The van der Waals surface area contributed by atoms with Crippen LogP contribution in [0, 0.1) is 5.92 Å². The second-order valence-electron chi connectivity index (χ2n) is 2.84. The zero-order chi connectivity index (χ0) is 8.81. The maximum atomic E-state index is 8.89. The van der Waals surface area contributed by atoms with Crippen LogP contribution in [0.2, 0.25) is 0 Å². The van der Waals surface area contributed by atoms with Crippen molar-refractivity contribution in [2.45, 2.75) is 6.42 Å². The molecule has 1 aromatic heterocycles. The maximum Gasteiger partial charge on any atom is 0.0474 e. The Labute approximate surface area is 72.2 Å². The summed E-state index contributed by atoms with van der Waals surface area (Å²) in [4.78, 5) is 3.91. The van der Waals surface area contributed by atoms with E-state index in [9.17, 15) is 0 Å². The molecule has 1 aromatic rings. The molecule has 0 aliphatic heterocycles. The summed E-state index contributed by atoms with van der Waals surface area (Å²) in [6.45, 7) is 0.678. The second kappa shape index (κ2) is 4.85. The number of rotatable bonds is 4. The van der Waals surface area contributed by atoms with Gasteiger partial charge in [-0.3, -0.25) is 4.98 Å². The highest BCUT2D eigenvalue weighted by Crippen LogP contribution is 2.05. The molecule has 3 N–H and O–H groups in total. The SMILES string of the molecule is NC[C@@H](CO)Cc1ccncc1. The zero-order valence-electron chi connectivity index (χ0n) is 6.98. The van der Waals surface area contributed by atoms with Gasteiger partial charge in [0.15, 0.2) is 0 Å². The molecule has 3 nitrogen and oxygen atoms in total. The topological polar surface area (TPSA) is 59.1 Å². The summed E-state index contributed by atoms with van der Waals surface area (Å²) in [7, 11) is 0. The summed E-state index contributed by atoms with van der Waals surface area (Å²) in [5, 5.41) is 8.89. The van der Waals surface area contributed by atoms with Gasteiger partial charge in [0.1, 0.15) is 0 Å². The third-order valence-corrected chi connectivity index (χ3v) is 1.87. The lowest BCUT2D eigenvalue weighted by atomic mass is 10.0. The smallest absolute Gasteiger partial charge is 0.0474 e. The molecule has 0 unspecified atom stereocenters. The van der Waals surface area contributed by atoms with Crippen molar-refractivity contribution in [3.63, 3.8) is 0 Å². The van der Waals surface area contributed by atoms with Gasteiger partial charge in [0.25, 0.3) is 0 Å². The Bertz CT molecular complexity index is 209. The van der Waals surface area contributed by atoms with Gasteiger partial charge in [-0.25, -0.2) is 0 Å². The summed E-state index contributed by atoms with van der Waals surface area (Å²) >= 11 is 0. The summed E-state index contributed by atoms with van der Waals surface area (Å²) in [5.74, 6) is 0.174. The highest BCUT2D eigenvalue weighted by atomic mass is 16.3. The van der Waals surface area contributed by atoms with Gasteiger partial charge < -0.3 is 10.8 Å². The number of aliphatic hydroxyl groups is 1. The van der Waals surface area contributed by atoms with Gasteiger partial charge in [-0.05, 0) is 36.6 Å². The molecule has 66 valence electrons. The van der Waals surface area contributed by atoms with E-state index in [1.54, 1.807) is 12.4 Å². The second-order valence-corrected chi connectivity index (χ2v) is 2.84. The molecule has 1 rings (SSSR count). The first kappa shape index (κ1) is 9.16. The molecule has 0 saturated carbocycles. The number of nitrogens with zero attached hydrogens (tertiary/aromatic N) is 1. The molecule has 0 aliphatic rings. The number of aliphatic hydroxyl groups excluding tert-OH is 1. The van der Waals surface area contributed by atoms with Crippen molar-refractivity contribution < 1.29 is 5.11 Å². The fourth-order valence-corrected chi connectivity index (χ4v) is 1.07. The van der Waals surface area contributed by atoms with Crippen LogP contribution in [0.5, 0.6) is 0 Å². The number of hydrogen-bond donors (Lipinski definition) is 2. The predicted octanol–water partition coefficient (Wildman–Crippen LogP) is 0.191. The van der Waals surface area contributed by atoms with Crippen molar-refractivity contribution >= 4 is 0 Å². The Kier molecular flexibility index (Phi) is 3.70. The van der Waals surface area contributed by atoms with E-state index in [1.807, 2.05) is 12.1 Å². The van der Waals surface area contributed by atoms with Crippen LogP contribution >= 0.6 is 0 Å². The Hall–Kier alpha value is -0.930. The molecule has 3 heteroatoms. The molecule has 0 fully saturated rings. The minimum Gasteiger partial charge on any atom is -0.396 e. The van der Waals surface area contributed by atoms with Crippen molar-refractivity contribution in [1.29, 1.82) is 0 Å². The van der Waals surface area contributed by atoms with Crippen LogP contribution in [0.25, 0.3) is 0 Å². The first-order valence-electron chi connectivity index (χ1n) is 4.06. The third kappa shape index (κ3) is 2.60. The van der Waals surface area contributed by atoms with Gasteiger partial charge in [0.05, 0.1) is 0 Å². The van der Waals surface area contributed by atoms with Crippen LogP contribution in [0.4, 0.5) is 0 Å². The molecule has 1 atom stereocenters. The third-order valence-electron chi connectivity index (χ3n) is 1.87. The lowest BCUT2D eigenvalue weighted by Crippen LogP contribution is -2.20. The van der Waals surface area contributed by atoms with Gasteiger partial charge >= 0.3 is 0 Å². The highest BCUT2D eigenvalue weighted by molar-refractivity contribution is 5.10. The van der Waals surface area contributed by atoms with Gasteiger partial charge in [0, 0.05) is 19.0 Å². The van der Waals surface area contributed by atoms with E-state index in [-0.39, 0.29) is 12.5 Å². The minimum absolute atomic E-state index is 0.152. The molecule has 0 radical (unpaired) electrons. The molecule has 0 amide bonds. The van der Waals surface area contributed by atoms with Crippen LogP contribution < -0.4 is 5.73 Å². The average Bonchev–Trinajstić information content (AvgIpc) is 2.16.